The van der Waals surface area contributed by atoms with Crippen LogP contribution in [-0.4, -0.2) is 47.8 Å². The second-order valence-corrected chi connectivity index (χ2v) is 8.09. The van der Waals surface area contributed by atoms with Gasteiger partial charge in [-0.25, -0.2) is 9.59 Å². The molecule has 1 aromatic carbocycles. The summed E-state index contributed by atoms with van der Waals surface area (Å²) in [4.78, 5) is 29.6. The van der Waals surface area contributed by atoms with Crippen LogP contribution < -0.4 is 9.47 Å². The lowest BCUT2D eigenvalue weighted by atomic mass is 10.2. The largest absolute Gasteiger partial charge is 0.534 e. The molecule has 1 unspecified atom stereocenters. The fourth-order valence-electron chi connectivity index (χ4n) is 2.16. The fourth-order valence-corrected chi connectivity index (χ4v) is 2.16. The van der Waals surface area contributed by atoms with E-state index in [1.165, 1.54) is 0 Å². The van der Waals surface area contributed by atoms with Crippen LogP contribution in [0, 0.1) is 0 Å². The van der Waals surface area contributed by atoms with Crippen molar-refractivity contribution >= 4 is 12.2 Å². The number of benzene rings is 1. The van der Waals surface area contributed by atoms with Crippen LogP contribution in [0.2, 0.25) is 0 Å². The summed E-state index contributed by atoms with van der Waals surface area (Å²) in [5, 5.41) is 0.793. The maximum atomic E-state index is 12.5. The lowest BCUT2D eigenvalue weighted by molar-refractivity contribution is -0.147. The zero-order valence-electron chi connectivity index (χ0n) is 16.6. The molecular weight excluding hydrogens is 354 g/mol. The fraction of sp³-hybridized carbons (Fsp3) is 0.579. The van der Waals surface area contributed by atoms with Crippen molar-refractivity contribution in [3.63, 3.8) is 0 Å². The third-order valence-electron chi connectivity index (χ3n) is 3.11. The normalized spacial score (nSPS) is 16.3. The van der Waals surface area contributed by atoms with E-state index in [2.05, 4.69) is 0 Å². The van der Waals surface area contributed by atoms with Crippen molar-refractivity contribution in [2.24, 2.45) is 0 Å². The van der Waals surface area contributed by atoms with Gasteiger partial charge in [0.05, 0.1) is 0 Å². The molecule has 0 fully saturated rings. The second kappa shape index (κ2) is 7.94. The van der Waals surface area contributed by atoms with Gasteiger partial charge in [-0.1, -0.05) is 12.1 Å². The average molecular weight is 381 g/mol. The number of para-hydroxylation sites is 2. The molecule has 0 saturated heterocycles. The van der Waals surface area contributed by atoms with Crippen LogP contribution in [0.15, 0.2) is 24.3 Å². The van der Waals surface area contributed by atoms with E-state index in [1.807, 2.05) is 12.1 Å². The van der Waals surface area contributed by atoms with Gasteiger partial charge < -0.3 is 23.8 Å². The Kier molecular flexibility index (Phi) is 6.08. The molecule has 2 rings (SSSR count). The highest BCUT2D eigenvalue weighted by molar-refractivity contribution is 5.70. The lowest BCUT2D eigenvalue weighted by Crippen LogP contribution is -2.46. The summed E-state index contributed by atoms with van der Waals surface area (Å²) in [6.45, 7) is 10.3. The molecule has 1 heterocycles. The molecule has 0 radical (unpaired) electrons. The highest BCUT2D eigenvalue weighted by Crippen LogP contribution is 2.31. The molecule has 1 aliphatic heterocycles. The van der Waals surface area contributed by atoms with Crippen molar-refractivity contribution < 1.29 is 33.4 Å². The predicted octanol–water partition coefficient (Wildman–Crippen LogP) is 3.93. The number of hydrogen-bond acceptors (Lipinski definition) is 7. The predicted molar refractivity (Wildman–Crippen MR) is 96.6 cm³/mol. The molecule has 0 bridgehead atoms. The van der Waals surface area contributed by atoms with Crippen LogP contribution in [-0.2, 0) is 14.3 Å². The number of rotatable bonds is 2. The Morgan fingerprint density at radius 3 is 2.22 bits per heavy atom. The Balaban J connectivity index is 2.07. The second-order valence-electron chi connectivity index (χ2n) is 8.09. The molecule has 8 nitrogen and oxygen atoms in total. The Morgan fingerprint density at radius 1 is 1.04 bits per heavy atom. The van der Waals surface area contributed by atoms with Gasteiger partial charge in [0.2, 0.25) is 0 Å². The van der Waals surface area contributed by atoms with Gasteiger partial charge in [-0.05, 0) is 53.7 Å². The molecule has 0 saturated carbocycles. The van der Waals surface area contributed by atoms with Gasteiger partial charge in [-0.15, -0.1) is 5.06 Å². The Bertz CT molecular complexity index is 675. The third kappa shape index (κ3) is 6.88. The van der Waals surface area contributed by atoms with Crippen molar-refractivity contribution in [2.45, 2.75) is 58.8 Å². The first-order chi connectivity index (χ1) is 12.4. The molecule has 0 N–H and O–H groups in total. The molecule has 0 spiro atoms. The van der Waals surface area contributed by atoms with E-state index >= 15 is 0 Å². The van der Waals surface area contributed by atoms with E-state index < -0.39 is 29.6 Å². The highest BCUT2D eigenvalue weighted by Gasteiger charge is 2.32. The number of carbonyl (C=O) groups excluding carboxylic acids is 2. The Hall–Kier alpha value is -2.64. The van der Waals surface area contributed by atoms with Crippen molar-refractivity contribution in [3.05, 3.63) is 24.3 Å². The van der Waals surface area contributed by atoms with Gasteiger partial charge in [0.1, 0.15) is 24.4 Å². The molecule has 8 heteroatoms. The van der Waals surface area contributed by atoms with E-state index in [9.17, 15) is 9.59 Å². The summed E-state index contributed by atoms with van der Waals surface area (Å²) < 4.78 is 21.9. The molecule has 1 aromatic rings. The SMILES string of the molecule is CC(C)(C)OC(=O)ON(CC1COc2ccccc2O1)C(=O)OC(C)(C)C. The molecule has 1 aliphatic rings. The number of carbonyl (C=O) groups is 2. The summed E-state index contributed by atoms with van der Waals surface area (Å²) in [7, 11) is 0. The molecule has 1 atom stereocenters. The van der Waals surface area contributed by atoms with Crippen LogP contribution in [0.5, 0.6) is 11.5 Å². The molecule has 27 heavy (non-hydrogen) atoms. The number of fused-ring (bicyclic) bond motifs is 1. The van der Waals surface area contributed by atoms with E-state index in [4.69, 9.17) is 23.8 Å². The molecule has 0 aromatic heterocycles. The first kappa shape index (κ1) is 20.7. The Labute approximate surface area is 159 Å². The summed E-state index contributed by atoms with van der Waals surface area (Å²) in [5.41, 5.74) is -1.52. The molecule has 1 amide bonds. The van der Waals surface area contributed by atoms with E-state index in [-0.39, 0.29) is 13.2 Å². The summed E-state index contributed by atoms with van der Waals surface area (Å²) in [5.74, 6) is 1.17. The summed E-state index contributed by atoms with van der Waals surface area (Å²) >= 11 is 0. The van der Waals surface area contributed by atoms with E-state index in [1.54, 1.807) is 53.7 Å². The van der Waals surface area contributed by atoms with Gasteiger partial charge in [0.25, 0.3) is 0 Å². The maximum Gasteiger partial charge on any atom is 0.534 e. The zero-order valence-corrected chi connectivity index (χ0v) is 16.6. The Morgan fingerprint density at radius 2 is 1.63 bits per heavy atom. The quantitative estimate of drug-likeness (QED) is 0.567. The zero-order chi connectivity index (χ0) is 20.2. The maximum absolute atomic E-state index is 12.5. The molecule has 0 aliphatic carbocycles. The molecular formula is C19H27NO7. The topological polar surface area (TPSA) is 83.5 Å². The third-order valence-corrected chi connectivity index (χ3v) is 3.11. The standard InChI is InChI=1S/C19H27NO7/c1-18(2,3)25-16(21)20(27-17(22)26-19(4,5)6)11-13-12-23-14-9-7-8-10-15(14)24-13/h7-10,13H,11-12H2,1-6H3. The smallest absolute Gasteiger partial charge is 0.486 e. The van der Waals surface area contributed by atoms with Gasteiger partial charge in [-0.2, -0.15) is 0 Å². The van der Waals surface area contributed by atoms with Gasteiger partial charge in [0, 0.05) is 0 Å². The molecule has 150 valence electrons. The summed E-state index contributed by atoms with van der Waals surface area (Å²) in [6.07, 6.45) is -2.38. The monoisotopic (exact) mass is 381 g/mol. The van der Waals surface area contributed by atoms with Crippen LogP contribution in [0.25, 0.3) is 0 Å². The van der Waals surface area contributed by atoms with Crippen LogP contribution in [0.1, 0.15) is 41.5 Å². The van der Waals surface area contributed by atoms with Crippen molar-refractivity contribution in [2.75, 3.05) is 13.2 Å². The van der Waals surface area contributed by atoms with Crippen LogP contribution >= 0.6 is 0 Å². The van der Waals surface area contributed by atoms with Gasteiger partial charge in [0.15, 0.2) is 17.6 Å². The van der Waals surface area contributed by atoms with Crippen molar-refractivity contribution in [3.8, 4) is 11.5 Å². The minimum absolute atomic E-state index is 0.0809. The van der Waals surface area contributed by atoms with Gasteiger partial charge >= 0.3 is 12.2 Å². The number of hydrogen-bond donors (Lipinski definition) is 0. The first-order valence-corrected chi connectivity index (χ1v) is 8.73. The highest BCUT2D eigenvalue weighted by atomic mass is 16.8. The minimum atomic E-state index is -1.01. The summed E-state index contributed by atoms with van der Waals surface area (Å²) in [6, 6.07) is 7.19. The number of hydroxylamine groups is 2. The van der Waals surface area contributed by atoms with Crippen LogP contribution in [0.3, 0.4) is 0 Å². The minimum Gasteiger partial charge on any atom is -0.486 e. The van der Waals surface area contributed by atoms with Gasteiger partial charge in [-0.3, -0.25) is 0 Å². The number of nitrogens with zero attached hydrogens (tertiary/aromatic N) is 1. The average Bonchev–Trinajstić information content (AvgIpc) is 2.50. The van der Waals surface area contributed by atoms with Crippen molar-refractivity contribution in [1.29, 1.82) is 0 Å². The lowest BCUT2D eigenvalue weighted by Gasteiger charge is -2.31. The number of ether oxygens (including phenoxy) is 4. The van der Waals surface area contributed by atoms with E-state index in [0.717, 1.165) is 5.06 Å². The van der Waals surface area contributed by atoms with Crippen molar-refractivity contribution in [1.82, 2.24) is 5.06 Å². The van der Waals surface area contributed by atoms with E-state index in [0.29, 0.717) is 11.5 Å². The first-order valence-electron chi connectivity index (χ1n) is 8.73. The van der Waals surface area contributed by atoms with Crippen LogP contribution in [0.4, 0.5) is 9.59 Å². The number of amides is 1.